The van der Waals surface area contributed by atoms with Crippen molar-refractivity contribution in [2.24, 2.45) is 11.7 Å². The van der Waals surface area contributed by atoms with Gasteiger partial charge in [0, 0.05) is 5.56 Å². The average Bonchev–Trinajstić information content (AvgIpc) is 3.09. The molecule has 4 nitrogen and oxygen atoms in total. The Morgan fingerprint density at radius 2 is 2.19 bits per heavy atom. The van der Waals surface area contributed by atoms with E-state index in [0.29, 0.717) is 17.2 Å². The summed E-state index contributed by atoms with van der Waals surface area (Å²) in [4.78, 5) is 0. The second kappa shape index (κ2) is 4.43. The van der Waals surface area contributed by atoms with Gasteiger partial charge in [0.25, 0.3) is 0 Å². The van der Waals surface area contributed by atoms with Crippen LogP contribution in [0.1, 0.15) is 18.4 Å². The van der Waals surface area contributed by atoms with Crippen molar-refractivity contribution in [1.82, 2.24) is 0 Å². The molecule has 1 aromatic rings. The van der Waals surface area contributed by atoms with Gasteiger partial charge in [-0.15, -0.1) is 0 Å². The summed E-state index contributed by atoms with van der Waals surface area (Å²) < 4.78 is 10.9. The first kappa shape index (κ1) is 10.8. The van der Waals surface area contributed by atoms with Gasteiger partial charge in [-0.1, -0.05) is 0 Å². The Labute approximate surface area is 94.9 Å². The maximum Gasteiger partial charge on any atom is 0.161 e. The lowest BCUT2D eigenvalue weighted by Gasteiger charge is -2.11. The summed E-state index contributed by atoms with van der Waals surface area (Å²) in [7, 11) is 1.59. The molecule has 1 aliphatic rings. The molecule has 0 unspecified atom stereocenters. The topological polar surface area (TPSA) is 68.3 Å². The normalized spacial score (nSPS) is 14.6. The Morgan fingerprint density at radius 1 is 1.44 bits per heavy atom. The fourth-order valence-corrected chi connectivity index (χ4v) is 1.45. The third-order valence-corrected chi connectivity index (χ3v) is 2.65. The van der Waals surface area contributed by atoms with E-state index in [-0.39, 0.29) is 5.84 Å². The number of nitrogen functional groups attached to an aromatic ring is 1. The second-order valence-corrected chi connectivity index (χ2v) is 4.03. The molecule has 0 radical (unpaired) electrons. The molecule has 0 aliphatic heterocycles. The van der Waals surface area contributed by atoms with Crippen molar-refractivity contribution < 1.29 is 9.47 Å². The first-order chi connectivity index (χ1) is 7.70. The van der Waals surface area contributed by atoms with E-state index in [2.05, 4.69) is 0 Å². The predicted molar refractivity (Wildman–Crippen MR) is 62.2 cm³/mol. The van der Waals surface area contributed by atoms with E-state index in [1.165, 1.54) is 12.8 Å². The maximum absolute atomic E-state index is 7.34. The largest absolute Gasteiger partial charge is 0.493 e. The van der Waals surface area contributed by atoms with E-state index in [1.54, 1.807) is 25.3 Å². The molecule has 16 heavy (non-hydrogen) atoms. The number of nitrogens with two attached hydrogens (primary N) is 1. The highest BCUT2D eigenvalue weighted by Gasteiger charge is 2.22. The fourth-order valence-electron chi connectivity index (χ4n) is 1.45. The quantitative estimate of drug-likeness (QED) is 0.587. The second-order valence-electron chi connectivity index (χ2n) is 4.03. The zero-order valence-electron chi connectivity index (χ0n) is 9.32. The monoisotopic (exact) mass is 220 g/mol. The SMILES string of the molecule is COc1cc(C(=N)N)ccc1OCC1CC1. The molecule has 2 rings (SSSR count). The van der Waals surface area contributed by atoms with Crippen molar-refractivity contribution in [1.29, 1.82) is 5.41 Å². The molecule has 0 amide bonds. The standard InChI is InChI=1S/C12H16N2O2/c1-15-11-6-9(12(13)14)4-5-10(11)16-7-8-2-3-8/h4-6,8H,2-3,7H2,1H3,(H3,13,14). The minimum atomic E-state index is 0.0343. The molecule has 1 aromatic carbocycles. The van der Waals surface area contributed by atoms with Crippen molar-refractivity contribution >= 4 is 5.84 Å². The van der Waals surface area contributed by atoms with Gasteiger partial charge < -0.3 is 15.2 Å². The van der Waals surface area contributed by atoms with Crippen LogP contribution in [0.2, 0.25) is 0 Å². The third kappa shape index (κ3) is 2.45. The lowest BCUT2D eigenvalue weighted by atomic mass is 10.2. The summed E-state index contributed by atoms with van der Waals surface area (Å²) in [5.74, 6) is 2.09. The number of rotatable bonds is 5. The van der Waals surface area contributed by atoms with Crippen LogP contribution in [0.5, 0.6) is 11.5 Å². The van der Waals surface area contributed by atoms with Gasteiger partial charge in [0.2, 0.25) is 0 Å². The number of benzene rings is 1. The number of amidine groups is 1. The van der Waals surface area contributed by atoms with Gasteiger partial charge >= 0.3 is 0 Å². The average molecular weight is 220 g/mol. The van der Waals surface area contributed by atoms with Gasteiger partial charge in [-0.2, -0.15) is 0 Å². The summed E-state index contributed by atoms with van der Waals surface area (Å²) >= 11 is 0. The van der Waals surface area contributed by atoms with Crippen LogP contribution in [-0.2, 0) is 0 Å². The Bertz CT molecular complexity index is 400. The lowest BCUT2D eigenvalue weighted by Crippen LogP contribution is -2.11. The van der Waals surface area contributed by atoms with Gasteiger partial charge in [-0.05, 0) is 37.0 Å². The number of hydrogen-bond acceptors (Lipinski definition) is 3. The van der Waals surface area contributed by atoms with Crippen molar-refractivity contribution in [2.75, 3.05) is 13.7 Å². The Hall–Kier alpha value is -1.71. The third-order valence-electron chi connectivity index (χ3n) is 2.65. The zero-order chi connectivity index (χ0) is 11.5. The van der Waals surface area contributed by atoms with E-state index in [9.17, 15) is 0 Å². The first-order valence-electron chi connectivity index (χ1n) is 5.36. The summed E-state index contributed by atoms with van der Waals surface area (Å²) in [6.45, 7) is 0.746. The summed E-state index contributed by atoms with van der Waals surface area (Å²) in [6.07, 6.45) is 2.52. The minimum Gasteiger partial charge on any atom is -0.493 e. The van der Waals surface area contributed by atoms with Gasteiger partial charge in [0.15, 0.2) is 11.5 Å². The summed E-state index contributed by atoms with van der Waals surface area (Å²) in [5.41, 5.74) is 6.06. The maximum atomic E-state index is 7.34. The van der Waals surface area contributed by atoms with Gasteiger partial charge in [-0.3, -0.25) is 5.41 Å². The first-order valence-corrected chi connectivity index (χ1v) is 5.36. The Kier molecular flexibility index (Phi) is 2.99. The summed E-state index contributed by atoms with van der Waals surface area (Å²) in [6, 6.07) is 5.30. The van der Waals surface area contributed by atoms with Crippen LogP contribution in [0.4, 0.5) is 0 Å². The van der Waals surface area contributed by atoms with E-state index in [4.69, 9.17) is 20.6 Å². The van der Waals surface area contributed by atoms with E-state index >= 15 is 0 Å². The predicted octanol–water partition coefficient (Wildman–Crippen LogP) is 1.77. The Morgan fingerprint density at radius 3 is 2.75 bits per heavy atom. The van der Waals surface area contributed by atoms with Crippen molar-refractivity contribution in [2.45, 2.75) is 12.8 Å². The van der Waals surface area contributed by atoms with Crippen LogP contribution in [0.15, 0.2) is 18.2 Å². The minimum absolute atomic E-state index is 0.0343. The zero-order valence-corrected chi connectivity index (χ0v) is 9.32. The molecule has 3 N–H and O–H groups in total. The molecule has 1 aliphatic carbocycles. The number of methoxy groups -OCH3 is 1. The summed E-state index contributed by atoms with van der Waals surface area (Å²) in [5, 5.41) is 7.34. The highest BCUT2D eigenvalue weighted by atomic mass is 16.5. The molecule has 0 spiro atoms. The van der Waals surface area contributed by atoms with Crippen molar-refractivity contribution in [3.63, 3.8) is 0 Å². The molecule has 86 valence electrons. The van der Waals surface area contributed by atoms with Crippen molar-refractivity contribution in [3.8, 4) is 11.5 Å². The van der Waals surface area contributed by atoms with Crippen LogP contribution in [0, 0.1) is 11.3 Å². The lowest BCUT2D eigenvalue weighted by molar-refractivity contribution is 0.280. The van der Waals surface area contributed by atoms with Gasteiger partial charge in [-0.25, -0.2) is 0 Å². The molecule has 0 bridgehead atoms. The van der Waals surface area contributed by atoms with Crippen LogP contribution in [0.25, 0.3) is 0 Å². The van der Waals surface area contributed by atoms with Crippen molar-refractivity contribution in [3.05, 3.63) is 23.8 Å². The van der Waals surface area contributed by atoms with Gasteiger partial charge in [0.1, 0.15) is 5.84 Å². The van der Waals surface area contributed by atoms with Crippen LogP contribution < -0.4 is 15.2 Å². The smallest absolute Gasteiger partial charge is 0.161 e. The Balaban J connectivity index is 2.12. The van der Waals surface area contributed by atoms with E-state index in [1.807, 2.05) is 0 Å². The fraction of sp³-hybridized carbons (Fsp3) is 0.417. The molecule has 4 heteroatoms. The van der Waals surface area contributed by atoms with Crippen LogP contribution in [-0.4, -0.2) is 19.6 Å². The van der Waals surface area contributed by atoms with E-state index < -0.39 is 0 Å². The molecule has 0 aromatic heterocycles. The molecular weight excluding hydrogens is 204 g/mol. The highest BCUT2D eigenvalue weighted by Crippen LogP contribution is 2.33. The molecule has 0 heterocycles. The number of ether oxygens (including phenoxy) is 2. The number of nitrogens with one attached hydrogen (secondary N) is 1. The van der Waals surface area contributed by atoms with E-state index in [0.717, 1.165) is 12.4 Å². The van der Waals surface area contributed by atoms with Crippen LogP contribution in [0.3, 0.4) is 0 Å². The van der Waals surface area contributed by atoms with Gasteiger partial charge in [0.05, 0.1) is 13.7 Å². The molecule has 0 atom stereocenters. The molecule has 1 saturated carbocycles. The van der Waals surface area contributed by atoms with Crippen LogP contribution >= 0.6 is 0 Å². The number of hydrogen-bond donors (Lipinski definition) is 2. The molecule has 0 saturated heterocycles. The molecule has 1 fully saturated rings. The highest BCUT2D eigenvalue weighted by molar-refractivity contribution is 5.95. The molecular formula is C12H16N2O2.